The molecule has 0 atom stereocenters. The Morgan fingerprint density at radius 1 is 1.13 bits per heavy atom. The first-order chi connectivity index (χ1) is 6.99. The van der Waals surface area contributed by atoms with E-state index in [1.807, 2.05) is 0 Å². The number of hydrogen-bond acceptors (Lipinski definition) is 0. The summed E-state index contributed by atoms with van der Waals surface area (Å²) in [5.74, 6) is 0. The molecular weight excluding hydrogens is 180 g/mol. The van der Waals surface area contributed by atoms with E-state index in [0.717, 1.165) is 0 Å². The van der Waals surface area contributed by atoms with Crippen LogP contribution >= 0.6 is 0 Å². The third-order valence-electron chi connectivity index (χ3n) is 3.57. The molecule has 15 heavy (non-hydrogen) atoms. The summed E-state index contributed by atoms with van der Waals surface area (Å²) in [5.41, 5.74) is 3.52. The van der Waals surface area contributed by atoms with Crippen LogP contribution in [0.15, 0.2) is 23.8 Å². The number of hydrogen-bond donors (Lipinski definition) is 0. The van der Waals surface area contributed by atoms with Crippen LogP contribution < -0.4 is 0 Å². The van der Waals surface area contributed by atoms with E-state index < -0.39 is 0 Å². The van der Waals surface area contributed by atoms with Crippen LogP contribution in [0.5, 0.6) is 0 Å². The molecule has 0 aromatic heterocycles. The molecule has 0 bridgehead atoms. The third-order valence-corrected chi connectivity index (χ3v) is 3.57. The predicted molar refractivity (Wildman–Crippen MR) is 69.0 cm³/mol. The van der Waals surface area contributed by atoms with Crippen LogP contribution in [0.4, 0.5) is 0 Å². The number of rotatable bonds is 0. The minimum absolute atomic E-state index is 0.507. The SMILES string of the molecule is C=C1CC/C=C(\C)CCCC(C)(C)CC1. The van der Waals surface area contributed by atoms with Crippen molar-refractivity contribution in [2.24, 2.45) is 5.41 Å². The molecule has 0 aromatic rings. The summed E-state index contributed by atoms with van der Waals surface area (Å²) in [5, 5.41) is 0. The summed E-state index contributed by atoms with van der Waals surface area (Å²) in [6.45, 7) is 11.3. The Morgan fingerprint density at radius 3 is 2.60 bits per heavy atom. The summed E-state index contributed by atoms with van der Waals surface area (Å²) in [4.78, 5) is 0. The number of allylic oxidation sites excluding steroid dienone is 3. The van der Waals surface area contributed by atoms with Crippen LogP contribution in [0.2, 0.25) is 0 Å². The second-order valence-corrected chi connectivity index (χ2v) is 5.86. The Balaban J connectivity index is 2.58. The fraction of sp³-hybridized carbons (Fsp3) is 0.733. The van der Waals surface area contributed by atoms with E-state index in [9.17, 15) is 0 Å². The van der Waals surface area contributed by atoms with Crippen molar-refractivity contribution in [1.29, 1.82) is 0 Å². The first-order valence-electron chi connectivity index (χ1n) is 6.32. The van der Waals surface area contributed by atoms with Crippen molar-refractivity contribution in [2.45, 2.75) is 65.7 Å². The van der Waals surface area contributed by atoms with Gasteiger partial charge in [-0.25, -0.2) is 0 Å². The van der Waals surface area contributed by atoms with E-state index in [4.69, 9.17) is 0 Å². The zero-order chi connectivity index (χ0) is 11.3. The summed E-state index contributed by atoms with van der Waals surface area (Å²) >= 11 is 0. The lowest BCUT2D eigenvalue weighted by Gasteiger charge is -2.24. The maximum Gasteiger partial charge on any atom is -0.0288 e. The van der Waals surface area contributed by atoms with Gasteiger partial charge in [-0.05, 0) is 57.3 Å². The molecular formula is C15H26. The Kier molecular flexibility index (Phi) is 4.63. The Bertz CT molecular complexity index is 243. The topological polar surface area (TPSA) is 0 Å². The summed E-state index contributed by atoms with van der Waals surface area (Å²) in [6, 6.07) is 0. The van der Waals surface area contributed by atoms with Gasteiger partial charge in [-0.1, -0.05) is 37.6 Å². The molecule has 0 heterocycles. The van der Waals surface area contributed by atoms with Crippen LogP contribution in [0.25, 0.3) is 0 Å². The first kappa shape index (κ1) is 12.5. The molecule has 0 unspecified atom stereocenters. The van der Waals surface area contributed by atoms with E-state index in [-0.39, 0.29) is 0 Å². The van der Waals surface area contributed by atoms with Crippen molar-refractivity contribution in [2.75, 3.05) is 0 Å². The van der Waals surface area contributed by atoms with Crippen molar-refractivity contribution in [3.63, 3.8) is 0 Å². The quantitative estimate of drug-likeness (QED) is 0.474. The smallest absolute Gasteiger partial charge is 0.0288 e. The minimum atomic E-state index is 0.507. The van der Waals surface area contributed by atoms with Crippen molar-refractivity contribution in [3.8, 4) is 0 Å². The molecule has 0 radical (unpaired) electrons. The molecule has 0 heteroatoms. The van der Waals surface area contributed by atoms with Gasteiger partial charge in [-0.2, -0.15) is 0 Å². The minimum Gasteiger partial charge on any atom is -0.0999 e. The zero-order valence-corrected chi connectivity index (χ0v) is 10.7. The third kappa shape index (κ3) is 5.20. The second kappa shape index (κ2) is 5.53. The van der Waals surface area contributed by atoms with Gasteiger partial charge in [-0.15, -0.1) is 0 Å². The van der Waals surface area contributed by atoms with Gasteiger partial charge in [-0.3, -0.25) is 0 Å². The maximum absolute atomic E-state index is 4.18. The summed E-state index contributed by atoms with van der Waals surface area (Å²) in [6.07, 6.45) is 11.3. The van der Waals surface area contributed by atoms with E-state index >= 15 is 0 Å². The standard InChI is InChI=1S/C15H26/c1-13-7-5-8-14(2)10-12-15(3,4)11-6-9-13/h7H,2,5-6,8-12H2,1,3-4H3/b13-7+. The highest BCUT2D eigenvalue weighted by atomic mass is 14.2. The van der Waals surface area contributed by atoms with Crippen LogP contribution in [0.1, 0.15) is 65.7 Å². The molecule has 0 spiro atoms. The van der Waals surface area contributed by atoms with Gasteiger partial charge in [0, 0.05) is 0 Å². The largest absolute Gasteiger partial charge is 0.0999 e. The molecule has 0 saturated carbocycles. The van der Waals surface area contributed by atoms with Crippen LogP contribution in [-0.2, 0) is 0 Å². The van der Waals surface area contributed by atoms with E-state index in [0.29, 0.717) is 5.41 Å². The highest BCUT2D eigenvalue weighted by Gasteiger charge is 2.17. The molecule has 0 aliphatic heterocycles. The Hall–Kier alpha value is -0.520. The van der Waals surface area contributed by atoms with Gasteiger partial charge in [0.2, 0.25) is 0 Å². The maximum atomic E-state index is 4.18. The average molecular weight is 206 g/mol. The van der Waals surface area contributed by atoms with Crippen LogP contribution in [-0.4, -0.2) is 0 Å². The molecule has 0 nitrogen and oxygen atoms in total. The Morgan fingerprint density at radius 2 is 1.87 bits per heavy atom. The fourth-order valence-electron chi connectivity index (χ4n) is 2.24. The molecule has 0 N–H and O–H groups in total. The summed E-state index contributed by atoms with van der Waals surface area (Å²) < 4.78 is 0. The lowest BCUT2D eigenvalue weighted by atomic mass is 9.81. The molecule has 1 rings (SSSR count). The first-order valence-corrected chi connectivity index (χ1v) is 6.32. The fourth-order valence-corrected chi connectivity index (χ4v) is 2.24. The normalized spacial score (nSPS) is 27.7. The lowest BCUT2D eigenvalue weighted by molar-refractivity contribution is 0.299. The monoisotopic (exact) mass is 206 g/mol. The van der Waals surface area contributed by atoms with E-state index in [2.05, 4.69) is 33.4 Å². The molecule has 0 saturated heterocycles. The van der Waals surface area contributed by atoms with Gasteiger partial charge in [0.15, 0.2) is 0 Å². The van der Waals surface area contributed by atoms with Crippen molar-refractivity contribution in [3.05, 3.63) is 23.8 Å². The van der Waals surface area contributed by atoms with Gasteiger partial charge >= 0.3 is 0 Å². The van der Waals surface area contributed by atoms with Gasteiger partial charge < -0.3 is 0 Å². The van der Waals surface area contributed by atoms with Crippen molar-refractivity contribution < 1.29 is 0 Å². The highest BCUT2D eigenvalue weighted by molar-refractivity contribution is 5.03. The van der Waals surface area contributed by atoms with Gasteiger partial charge in [0.05, 0.1) is 0 Å². The van der Waals surface area contributed by atoms with Gasteiger partial charge in [0.25, 0.3) is 0 Å². The molecule has 0 amide bonds. The molecule has 1 aliphatic rings. The molecule has 1 aliphatic carbocycles. The predicted octanol–water partition coefficient (Wildman–Crippen LogP) is 5.26. The summed E-state index contributed by atoms with van der Waals surface area (Å²) in [7, 11) is 0. The molecule has 0 fully saturated rings. The van der Waals surface area contributed by atoms with Crippen molar-refractivity contribution >= 4 is 0 Å². The van der Waals surface area contributed by atoms with E-state index in [1.165, 1.54) is 50.5 Å². The Labute approximate surface area is 95.5 Å². The highest BCUT2D eigenvalue weighted by Crippen LogP contribution is 2.32. The van der Waals surface area contributed by atoms with Crippen LogP contribution in [0.3, 0.4) is 0 Å². The average Bonchev–Trinajstić information content (AvgIpc) is 2.15. The van der Waals surface area contributed by atoms with E-state index in [1.54, 1.807) is 5.57 Å². The zero-order valence-electron chi connectivity index (χ0n) is 10.7. The molecule has 0 aromatic carbocycles. The molecule has 86 valence electrons. The van der Waals surface area contributed by atoms with Crippen LogP contribution in [0, 0.1) is 5.41 Å². The van der Waals surface area contributed by atoms with Gasteiger partial charge in [0.1, 0.15) is 0 Å². The lowest BCUT2D eigenvalue weighted by Crippen LogP contribution is -2.11. The second-order valence-electron chi connectivity index (χ2n) is 5.86. The van der Waals surface area contributed by atoms with Crippen molar-refractivity contribution in [1.82, 2.24) is 0 Å².